The molecule has 170 valence electrons. The Morgan fingerprint density at radius 1 is 1.16 bits per heavy atom. The highest BCUT2D eigenvalue weighted by Gasteiger charge is 2.06. The number of aliphatic imine (C=N–C) groups is 1. The van der Waals surface area contributed by atoms with Crippen molar-refractivity contribution >= 4 is 53.3 Å². The number of anilines is 1. The number of halogens is 2. The van der Waals surface area contributed by atoms with Gasteiger partial charge in [-0.3, -0.25) is 4.79 Å². The highest BCUT2D eigenvalue weighted by atomic mass is 127. The van der Waals surface area contributed by atoms with E-state index in [1.807, 2.05) is 25.1 Å². The van der Waals surface area contributed by atoms with Crippen LogP contribution in [0.25, 0.3) is 0 Å². The second-order valence-electron chi connectivity index (χ2n) is 6.49. The molecule has 0 aliphatic heterocycles. The van der Waals surface area contributed by atoms with Crippen LogP contribution in [0.1, 0.15) is 25.8 Å². The van der Waals surface area contributed by atoms with Gasteiger partial charge in [0.15, 0.2) is 5.96 Å². The Hall–Kier alpha value is -2.01. The van der Waals surface area contributed by atoms with Gasteiger partial charge >= 0.3 is 0 Å². The van der Waals surface area contributed by atoms with Gasteiger partial charge in [0.25, 0.3) is 0 Å². The van der Waals surface area contributed by atoms with Crippen molar-refractivity contribution in [3.8, 4) is 5.75 Å². The Morgan fingerprint density at radius 2 is 1.90 bits per heavy atom. The second kappa shape index (κ2) is 14.9. The fourth-order valence-electron chi connectivity index (χ4n) is 2.65. The molecule has 31 heavy (non-hydrogen) atoms. The lowest BCUT2D eigenvalue weighted by Crippen LogP contribution is -2.37. The van der Waals surface area contributed by atoms with Gasteiger partial charge < -0.3 is 20.7 Å². The number of nitrogens with zero attached hydrogens (tertiary/aromatic N) is 1. The lowest BCUT2D eigenvalue weighted by Gasteiger charge is -2.12. The Kier molecular flexibility index (Phi) is 13.0. The van der Waals surface area contributed by atoms with Crippen molar-refractivity contribution in [1.82, 2.24) is 10.6 Å². The summed E-state index contributed by atoms with van der Waals surface area (Å²) >= 11 is 1.70. The fourth-order valence-corrected chi connectivity index (χ4v) is 3.51. The summed E-state index contributed by atoms with van der Waals surface area (Å²) in [6.45, 7) is 5.49. The quantitative estimate of drug-likeness (QED) is 0.130. The molecule has 6 nitrogen and oxygen atoms in total. The number of nitrogens with one attached hydrogen (secondary N) is 3. The van der Waals surface area contributed by atoms with E-state index in [0.29, 0.717) is 18.0 Å². The number of benzene rings is 2. The number of rotatable bonds is 10. The van der Waals surface area contributed by atoms with E-state index in [9.17, 15) is 9.18 Å². The zero-order chi connectivity index (χ0) is 21.8. The zero-order valence-corrected chi connectivity index (χ0v) is 21.2. The van der Waals surface area contributed by atoms with E-state index in [-0.39, 0.29) is 35.7 Å². The Balaban J connectivity index is 0.00000480. The molecule has 0 aromatic heterocycles. The van der Waals surface area contributed by atoms with Gasteiger partial charge in [0.2, 0.25) is 5.91 Å². The predicted octanol–water partition coefficient (Wildman–Crippen LogP) is 4.65. The topological polar surface area (TPSA) is 74.8 Å². The first-order valence-corrected chi connectivity index (χ1v) is 10.9. The molecule has 0 saturated carbocycles. The molecular formula is C22H30FIN4O2S. The van der Waals surface area contributed by atoms with Crippen molar-refractivity contribution < 1.29 is 13.9 Å². The molecule has 0 aliphatic carbocycles. The molecule has 1 amide bonds. The lowest BCUT2D eigenvalue weighted by molar-refractivity contribution is -0.114. The maximum atomic E-state index is 12.9. The van der Waals surface area contributed by atoms with Crippen LogP contribution in [0, 0.1) is 5.82 Å². The number of hydrogen-bond acceptors (Lipinski definition) is 4. The molecular weight excluding hydrogens is 530 g/mol. The first-order valence-electron chi connectivity index (χ1n) is 9.87. The van der Waals surface area contributed by atoms with Gasteiger partial charge in [-0.2, -0.15) is 0 Å². The number of methoxy groups -OCH3 is 1. The van der Waals surface area contributed by atoms with Crippen LogP contribution in [-0.2, 0) is 11.3 Å². The van der Waals surface area contributed by atoms with Crippen LogP contribution in [-0.4, -0.2) is 37.8 Å². The average molecular weight is 560 g/mol. The summed E-state index contributed by atoms with van der Waals surface area (Å²) < 4.78 is 18.2. The third-order valence-electron chi connectivity index (χ3n) is 4.03. The molecule has 0 radical (unpaired) electrons. The summed E-state index contributed by atoms with van der Waals surface area (Å²) in [5, 5.41) is 9.34. The molecule has 2 aromatic rings. The second-order valence-corrected chi connectivity index (χ2v) is 7.66. The van der Waals surface area contributed by atoms with Crippen molar-refractivity contribution in [2.75, 3.05) is 31.3 Å². The first kappa shape index (κ1) is 27.0. The number of carbonyl (C=O) groups excluding carboxylic acids is 1. The largest absolute Gasteiger partial charge is 0.495 e. The van der Waals surface area contributed by atoms with Crippen LogP contribution in [0.3, 0.4) is 0 Å². The maximum absolute atomic E-state index is 12.9. The first-order chi connectivity index (χ1) is 14.5. The van der Waals surface area contributed by atoms with Gasteiger partial charge in [-0.25, -0.2) is 9.38 Å². The minimum atomic E-state index is -0.214. The van der Waals surface area contributed by atoms with Gasteiger partial charge in [-0.05, 0) is 61.1 Å². The molecule has 0 atom stereocenters. The Morgan fingerprint density at radius 3 is 2.55 bits per heavy atom. The zero-order valence-electron chi connectivity index (χ0n) is 18.0. The van der Waals surface area contributed by atoms with Crippen molar-refractivity contribution in [2.24, 2.45) is 4.99 Å². The molecule has 2 aromatic carbocycles. The summed E-state index contributed by atoms with van der Waals surface area (Å²) in [6.07, 6.45) is 0.946. The number of guanidine groups is 1. The minimum Gasteiger partial charge on any atom is -0.495 e. The monoisotopic (exact) mass is 560 g/mol. The molecule has 0 aliphatic rings. The standard InChI is InChI=1S/C22H29FN4O2S.HI/c1-4-24-22(25-12-5-13-30-19-9-7-18(23)8-10-19)26-15-17-6-11-21(29-3)20(14-17)27-16(2)28;/h6-11,14H,4-5,12-13,15H2,1-3H3,(H,27,28)(H2,24,25,26);1H. The summed E-state index contributed by atoms with van der Waals surface area (Å²) in [5.74, 6) is 1.91. The molecule has 3 N–H and O–H groups in total. The van der Waals surface area contributed by atoms with Crippen LogP contribution in [0.5, 0.6) is 5.75 Å². The van der Waals surface area contributed by atoms with Crippen molar-refractivity contribution in [2.45, 2.75) is 31.7 Å². The highest BCUT2D eigenvalue weighted by Crippen LogP contribution is 2.25. The molecule has 2 rings (SSSR count). The van der Waals surface area contributed by atoms with Crippen molar-refractivity contribution in [3.63, 3.8) is 0 Å². The molecule has 0 spiro atoms. The summed E-state index contributed by atoms with van der Waals surface area (Å²) in [7, 11) is 1.57. The normalized spacial score (nSPS) is 10.8. The van der Waals surface area contributed by atoms with E-state index < -0.39 is 0 Å². The van der Waals surface area contributed by atoms with E-state index in [4.69, 9.17) is 4.74 Å². The highest BCUT2D eigenvalue weighted by molar-refractivity contribution is 14.0. The number of ether oxygens (including phenoxy) is 1. The van der Waals surface area contributed by atoms with Gasteiger partial charge in [-0.1, -0.05) is 6.07 Å². The summed E-state index contributed by atoms with van der Waals surface area (Å²) in [5.41, 5.74) is 1.59. The molecule has 0 unspecified atom stereocenters. The van der Waals surface area contributed by atoms with Gasteiger partial charge in [0.05, 0.1) is 19.3 Å². The Labute approximate surface area is 204 Å². The Bertz CT molecular complexity index is 850. The van der Waals surface area contributed by atoms with Crippen LogP contribution in [0.2, 0.25) is 0 Å². The smallest absolute Gasteiger partial charge is 0.221 e. The lowest BCUT2D eigenvalue weighted by atomic mass is 10.2. The molecule has 0 saturated heterocycles. The molecule has 0 fully saturated rings. The van der Waals surface area contributed by atoms with E-state index in [1.165, 1.54) is 19.1 Å². The fraction of sp³-hybridized carbons (Fsp3) is 0.364. The number of thioether (sulfide) groups is 1. The van der Waals surface area contributed by atoms with Gasteiger partial charge in [0.1, 0.15) is 11.6 Å². The third-order valence-corrected chi connectivity index (χ3v) is 5.13. The summed E-state index contributed by atoms with van der Waals surface area (Å²) in [4.78, 5) is 17.1. The number of hydrogen-bond donors (Lipinski definition) is 3. The number of carbonyl (C=O) groups is 1. The summed E-state index contributed by atoms with van der Waals surface area (Å²) in [6, 6.07) is 12.2. The van der Waals surface area contributed by atoms with Crippen LogP contribution >= 0.6 is 35.7 Å². The van der Waals surface area contributed by atoms with E-state index in [2.05, 4.69) is 20.9 Å². The van der Waals surface area contributed by atoms with Crippen molar-refractivity contribution in [1.29, 1.82) is 0 Å². The van der Waals surface area contributed by atoms with E-state index in [0.717, 1.165) is 41.7 Å². The van der Waals surface area contributed by atoms with Gasteiger partial charge in [-0.15, -0.1) is 35.7 Å². The predicted molar refractivity (Wildman–Crippen MR) is 137 cm³/mol. The molecule has 0 bridgehead atoms. The minimum absolute atomic E-state index is 0. The van der Waals surface area contributed by atoms with Crippen LogP contribution in [0.4, 0.5) is 10.1 Å². The third kappa shape index (κ3) is 10.2. The van der Waals surface area contributed by atoms with E-state index in [1.54, 1.807) is 31.0 Å². The average Bonchev–Trinajstić information content (AvgIpc) is 2.72. The number of amides is 1. The molecule has 0 heterocycles. The van der Waals surface area contributed by atoms with E-state index >= 15 is 0 Å². The van der Waals surface area contributed by atoms with Crippen LogP contribution < -0.4 is 20.7 Å². The van der Waals surface area contributed by atoms with Crippen molar-refractivity contribution in [3.05, 3.63) is 53.8 Å². The maximum Gasteiger partial charge on any atom is 0.221 e. The SMILES string of the molecule is CCNC(=NCc1ccc(OC)c(NC(C)=O)c1)NCCCSc1ccc(F)cc1.I. The molecule has 9 heteroatoms. The van der Waals surface area contributed by atoms with Crippen LogP contribution in [0.15, 0.2) is 52.4 Å². The van der Waals surface area contributed by atoms with Gasteiger partial charge in [0, 0.05) is 24.9 Å².